The highest BCUT2D eigenvalue weighted by molar-refractivity contribution is 5.86. The summed E-state index contributed by atoms with van der Waals surface area (Å²) in [6, 6.07) is 11.3. The van der Waals surface area contributed by atoms with Crippen LogP contribution in [0.3, 0.4) is 0 Å². The fourth-order valence-electron chi connectivity index (χ4n) is 3.36. The summed E-state index contributed by atoms with van der Waals surface area (Å²) in [6.45, 7) is 0. The summed E-state index contributed by atoms with van der Waals surface area (Å²) in [5.74, 6) is 0.483. The summed E-state index contributed by atoms with van der Waals surface area (Å²) in [4.78, 5) is 21.4. The molecular weight excluding hydrogens is 386 g/mol. The van der Waals surface area contributed by atoms with Gasteiger partial charge >= 0.3 is 5.97 Å². The molecule has 0 amide bonds. The first-order valence-corrected chi connectivity index (χ1v) is 9.06. The summed E-state index contributed by atoms with van der Waals surface area (Å²) in [7, 11) is 2.81. The Morgan fingerprint density at radius 3 is 2.60 bits per heavy atom. The maximum atomic E-state index is 12.1. The zero-order valence-electron chi connectivity index (χ0n) is 17.4. The monoisotopic (exact) mass is 408 g/mol. The first kappa shape index (κ1) is 18.0. The average Bonchev–Trinajstić information content (AvgIpc) is 3.42. The second-order valence-electron chi connectivity index (χ2n) is 6.56. The molecule has 1 unspecified atom stereocenters. The molecule has 154 valence electrons. The number of hydrogen-bond acceptors (Lipinski definition) is 6. The number of imidazole rings is 1. The van der Waals surface area contributed by atoms with Crippen molar-refractivity contribution in [2.75, 3.05) is 26.1 Å². The third-order valence-electron chi connectivity index (χ3n) is 4.81. The number of methoxy groups -OCH3 is 2. The summed E-state index contributed by atoms with van der Waals surface area (Å²) in [6.07, 6.45) is 1.50. The van der Waals surface area contributed by atoms with Crippen LogP contribution in [0.25, 0.3) is 22.6 Å². The largest absolute Gasteiger partial charge is 0.493 e. The minimum Gasteiger partial charge on any atom is -0.493 e. The van der Waals surface area contributed by atoms with Gasteiger partial charge in [0.05, 0.1) is 37.1 Å². The summed E-state index contributed by atoms with van der Waals surface area (Å²) >= 11 is 0. The molecule has 2 aromatic heterocycles. The number of rotatable bonds is 7. The lowest BCUT2D eigenvalue weighted by atomic mass is 10.1. The molecule has 30 heavy (non-hydrogen) atoms. The Bertz CT molecular complexity index is 1170. The molecule has 2 heterocycles. The van der Waals surface area contributed by atoms with Crippen molar-refractivity contribution >= 4 is 22.7 Å². The molecule has 9 heteroatoms. The number of carbonyl (C=O) groups is 1. The molecule has 0 fully saturated rings. The number of anilines is 1. The first-order valence-electron chi connectivity index (χ1n) is 9.77. The number of aromatic amines is 2. The van der Waals surface area contributed by atoms with Gasteiger partial charge in [-0.15, -0.1) is 0 Å². The SMILES string of the molecule is [2H]CN(c1cn[nH]c1-c1nc2cc(OC)c(OC)cc2[nH]1)C(C(=O)O)c1ccccc1. The Labute approximate surface area is 173 Å². The quantitative estimate of drug-likeness (QED) is 0.430. The zero-order valence-corrected chi connectivity index (χ0v) is 16.4. The number of carboxylic acids is 1. The molecule has 0 saturated carbocycles. The minimum atomic E-state index is -1.07. The Kier molecular flexibility index (Phi) is 4.68. The number of nitrogens with one attached hydrogen (secondary N) is 2. The molecule has 9 nitrogen and oxygen atoms in total. The van der Waals surface area contributed by atoms with Crippen molar-refractivity contribution in [3.05, 3.63) is 54.2 Å². The van der Waals surface area contributed by atoms with E-state index in [1.54, 1.807) is 50.6 Å². The van der Waals surface area contributed by atoms with Crippen molar-refractivity contribution in [3.63, 3.8) is 0 Å². The van der Waals surface area contributed by atoms with E-state index in [9.17, 15) is 9.90 Å². The normalized spacial score (nSPS) is 12.4. The van der Waals surface area contributed by atoms with E-state index in [0.717, 1.165) is 0 Å². The standard InChI is InChI=1S/C21H21N5O4/c1-26(19(21(27)28)12-7-5-4-6-8-12)15-11-22-25-18(15)20-23-13-9-16(29-2)17(30-3)10-14(13)24-20/h4-11,19H,1-3H3,(H,22,25)(H,23,24)(H,27,28)/i1D. The van der Waals surface area contributed by atoms with Crippen LogP contribution in [0.4, 0.5) is 5.69 Å². The van der Waals surface area contributed by atoms with E-state index >= 15 is 0 Å². The van der Waals surface area contributed by atoms with Crippen molar-refractivity contribution in [1.29, 1.82) is 0 Å². The van der Waals surface area contributed by atoms with Gasteiger partial charge in [-0.1, -0.05) is 30.3 Å². The molecule has 0 bridgehead atoms. The molecular formula is C21H21N5O4. The fourth-order valence-corrected chi connectivity index (χ4v) is 3.36. The number of aromatic nitrogens is 4. The molecule has 3 N–H and O–H groups in total. The number of nitrogens with zero attached hydrogens (tertiary/aromatic N) is 3. The third-order valence-corrected chi connectivity index (χ3v) is 4.81. The van der Waals surface area contributed by atoms with Gasteiger partial charge in [-0.05, 0) is 5.56 Å². The summed E-state index contributed by atoms with van der Waals surface area (Å²) in [5.41, 5.74) is 2.84. The van der Waals surface area contributed by atoms with Gasteiger partial charge in [0.2, 0.25) is 0 Å². The predicted molar refractivity (Wildman–Crippen MR) is 112 cm³/mol. The number of aliphatic carboxylic acids is 1. The fraction of sp³-hybridized carbons (Fsp3) is 0.190. The van der Waals surface area contributed by atoms with E-state index in [1.807, 2.05) is 6.07 Å². The van der Waals surface area contributed by atoms with Gasteiger partial charge < -0.3 is 24.5 Å². The van der Waals surface area contributed by atoms with Gasteiger partial charge in [-0.2, -0.15) is 5.10 Å². The highest BCUT2D eigenvalue weighted by atomic mass is 16.5. The van der Waals surface area contributed by atoms with E-state index in [4.69, 9.17) is 10.8 Å². The van der Waals surface area contributed by atoms with Gasteiger partial charge in [-0.3, -0.25) is 5.10 Å². The van der Waals surface area contributed by atoms with Crippen LogP contribution in [0.1, 0.15) is 13.0 Å². The summed E-state index contributed by atoms with van der Waals surface area (Å²) in [5, 5.41) is 16.9. The number of benzene rings is 2. The average molecular weight is 408 g/mol. The van der Waals surface area contributed by atoms with Crippen LogP contribution >= 0.6 is 0 Å². The summed E-state index contributed by atoms with van der Waals surface area (Å²) < 4.78 is 18.7. The van der Waals surface area contributed by atoms with E-state index in [-0.39, 0.29) is 7.02 Å². The number of carboxylic acid groups (broad SMARTS) is 1. The molecule has 0 aliphatic carbocycles. The maximum absolute atomic E-state index is 12.1. The van der Waals surface area contributed by atoms with Crippen LogP contribution in [0.2, 0.25) is 0 Å². The number of hydrogen-bond donors (Lipinski definition) is 3. The molecule has 0 spiro atoms. The van der Waals surface area contributed by atoms with E-state index < -0.39 is 12.0 Å². The molecule has 4 aromatic rings. The first-order chi connectivity index (χ1) is 15.1. The highest BCUT2D eigenvalue weighted by Gasteiger charge is 2.28. The van der Waals surface area contributed by atoms with Gasteiger partial charge in [0.25, 0.3) is 0 Å². The van der Waals surface area contributed by atoms with Gasteiger partial charge in [0.1, 0.15) is 5.69 Å². The van der Waals surface area contributed by atoms with Crippen LogP contribution in [-0.2, 0) is 4.79 Å². The number of ether oxygens (including phenoxy) is 2. The van der Waals surface area contributed by atoms with Crippen LogP contribution in [-0.4, -0.2) is 52.5 Å². The molecule has 0 saturated heterocycles. The van der Waals surface area contributed by atoms with Gasteiger partial charge in [-0.25, -0.2) is 9.78 Å². The lowest BCUT2D eigenvalue weighted by molar-refractivity contribution is -0.138. The van der Waals surface area contributed by atoms with Crippen molar-refractivity contribution in [3.8, 4) is 23.0 Å². The lowest BCUT2D eigenvalue weighted by Crippen LogP contribution is -2.30. The van der Waals surface area contributed by atoms with Crippen LogP contribution in [0.5, 0.6) is 11.5 Å². The lowest BCUT2D eigenvalue weighted by Gasteiger charge is -2.26. The van der Waals surface area contributed by atoms with Crippen molar-refractivity contribution < 1.29 is 20.7 Å². The van der Waals surface area contributed by atoms with Crippen LogP contribution < -0.4 is 14.4 Å². The predicted octanol–water partition coefficient (Wildman–Crippen LogP) is 3.23. The Balaban J connectivity index is 1.79. The molecule has 1 atom stereocenters. The molecule has 4 rings (SSSR count). The minimum absolute atomic E-state index is 0.291. The van der Waals surface area contributed by atoms with E-state index in [2.05, 4.69) is 20.2 Å². The maximum Gasteiger partial charge on any atom is 0.331 e. The second-order valence-corrected chi connectivity index (χ2v) is 6.56. The van der Waals surface area contributed by atoms with Gasteiger partial charge in [0, 0.05) is 20.5 Å². The topological polar surface area (TPSA) is 116 Å². The molecule has 0 aliphatic rings. The number of likely N-dealkylation sites (N-methyl/N-ethyl adjacent to an activating group) is 1. The Morgan fingerprint density at radius 1 is 1.20 bits per heavy atom. The Hall–Kier alpha value is -4.01. The molecule has 2 aromatic carbocycles. The highest BCUT2D eigenvalue weighted by Crippen LogP contribution is 2.35. The van der Waals surface area contributed by atoms with E-state index in [1.165, 1.54) is 11.1 Å². The number of H-pyrrole nitrogens is 2. The zero-order chi connectivity index (χ0) is 22.0. The van der Waals surface area contributed by atoms with Crippen LogP contribution in [0, 0.1) is 0 Å². The van der Waals surface area contributed by atoms with Gasteiger partial charge in [0.15, 0.2) is 23.4 Å². The smallest absolute Gasteiger partial charge is 0.331 e. The van der Waals surface area contributed by atoms with Crippen molar-refractivity contribution in [1.82, 2.24) is 20.2 Å². The van der Waals surface area contributed by atoms with Crippen molar-refractivity contribution in [2.45, 2.75) is 6.04 Å². The van der Waals surface area contributed by atoms with Crippen molar-refractivity contribution in [2.24, 2.45) is 0 Å². The molecule has 0 aliphatic heterocycles. The third kappa shape index (κ3) is 3.30. The Morgan fingerprint density at radius 2 is 1.93 bits per heavy atom. The molecule has 0 radical (unpaired) electrons. The second kappa shape index (κ2) is 7.78. The van der Waals surface area contributed by atoms with E-state index in [0.29, 0.717) is 45.3 Å². The van der Waals surface area contributed by atoms with Crippen LogP contribution in [0.15, 0.2) is 48.7 Å². The number of fused-ring (bicyclic) bond motifs is 1.